The minimum atomic E-state index is -0.736. The normalized spacial score (nSPS) is 16.3. The van der Waals surface area contributed by atoms with Crippen LogP contribution in [0.25, 0.3) is 21.3 Å². The molecule has 2 aromatic carbocycles. The molecule has 0 radical (unpaired) electrons. The third kappa shape index (κ3) is 4.64. The Bertz CT molecular complexity index is 1220. The Morgan fingerprint density at radius 2 is 1.79 bits per heavy atom. The van der Waals surface area contributed by atoms with Crippen LogP contribution in [-0.4, -0.2) is 46.5 Å². The predicted octanol–water partition coefficient (Wildman–Crippen LogP) is 5.01. The van der Waals surface area contributed by atoms with Crippen molar-refractivity contribution >= 4 is 27.4 Å². The fourth-order valence-electron chi connectivity index (χ4n) is 4.62. The zero-order valence-electron chi connectivity index (χ0n) is 19.5. The second kappa shape index (κ2) is 10.1. The first-order valence-electron chi connectivity index (χ1n) is 11.8. The number of ether oxygens (including phenoxy) is 1. The molecule has 0 bridgehead atoms. The minimum absolute atomic E-state index is 0.174. The van der Waals surface area contributed by atoms with Gasteiger partial charge in [-0.1, -0.05) is 48.0 Å². The molecule has 0 aliphatic carbocycles. The van der Waals surface area contributed by atoms with Gasteiger partial charge in [-0.2, -0.15) is 0 Å². The number of thiophene rings is 1. The Hall–Kier alpha value is -3.00. The molecular formula is C27H30N4O2S. The monoisotopic (exact) mass is 474 g/mol. The van der Waals surface area contributed by atoms with E-state index in [9.17, 15) is 5.11 Å². The summed E-state index contributed by atoms with van der Waals surface area (Å²) in [6, 6.07) is 18.5. The molecule has 4 aromatic rings. The standard InChI is InChI=1S/C27H30N4O2S/c1-18-8-10-22(11-9-18)33-27(19(2)32)31(21-12-14-28-15-13-21)25-24-23(20-6-4-3-5-7-20)16-34-26(24)30-17-29-25/h3-11,16-17,19,21,27-28,32H,12-15H2,1-2H3. The Labute approximate surface area is 204 Å². The molecular weight excluding hydrogens is 444 g/mol. The van der Waals surface area contributed by atoms with Gasteiger partial charge in [0.1, 0.15) is 28.8 Å². The fraction of sp³-hybridized carbons (Fsp3) is 0.333. The smallest absolute Gasteiger partial charge is 0.199 e. The number of piperidine rings is 1. The molecule has 3 heterocycles. The van der Waals surface area contributed by atoms with Crippen LogP contribution in [0.1, 0.15) is 25.3 Å². The molecule has 2 N–H and O–H groups in total. The van der Waals surface area contributed by atoms with Crippen LogP contribution < -0.4 is 15.0 Å². The highest BCUT2D eigenvalue weighted by atomic mass is 32.1. The van der Waals surface area contributed by atoms with Crippen molar-refractivity contribution in [3.05, 3.63) is 71.9 Å². The lowest BCUT2D eigenvalue weighted by Gasteiger charge is -2.42. The van der Waals surface area contributed by atoms with Crippen LogP contribution in [0.5, 0.6) is 5.75 Å². The zero-order valence-corrected chi connectivity index (χ0v) is 20.3. The summed E-state index contributed by atoms with van der Waals surface area (Å²) in [6.07, 6.45) is 2.18. The fourth-order valence-corrected chi connectivity index (χ4v) is 5.53. The van der Waals surface area contributed by atoms with Gasteiger partial charge in [0.25, 0.3) is 0 Å². The number of aliphatic hydroxyl groups is 1. The van der Waals surface area contributed by atoms with Gasteiger partial charge in [-0.15, -0.1) is 11.3 Å². The Balaban J connectivity index is 1.65. The molecule has 34 heavy (non-hydrogen) atoms. The second-order valence-electron chi connectivity index (χ2n) is 8.84. The Kier molecular flexibility index (Phi) is 6.76. The summed E-state index contributed by atoms with van der Waals surface area (Å²) in [4.78, 5) is 12.5. The van der Waals surface area contributed by atoms with Gasteiger partial charge in [0.05, 0.1) is 5.39 Å². The molecule has 0 spiro atoms. The molecule has 6 nitrogen and oxygen atoms in total. The van der Waals surface area contributed by atoms with Gasteiger partial charge in [-0.3, -0.25) is 0 Å². The first kappa shape index (κ1) is 22.8. The molecule has 1 aliphatic heterocycles. The molecule has 1 saturated heterocycles. The number of hydrogen-bond donors (Lipinski definition) is 2. The highest BCUT2D eigenvalue weighted by Gasteiger charge is 2.35. The highest BCUT2D eigenvalue weighted by molar-refractivity contribution is 7.17. The van der Waals surface area contributed by atoms with Crippen LogP contribution >= 0.6 is 11.3 Å². The average Bonchev–Trinajstić information content (AvgIpc) is 3.31. The summed E-state index contributed by atoms with van der Waals surface area (Å²) in [5, 5.41) is 17.6. The maximum atomic E-state index is 11.0. The number of fused-ring (bicyclic) bond motifs is 1. The number of nitrogens with one attached hydrogen (secondary N) is 1. The SMILES string of the molecule is Cc1ccc(OC(C(C)O)N(c2ncnc3scc(-c4ccccc4)c23)C2CCNCC2)cc1. The summed E-state index contributed by atoms with van der Waals surface area (Å²) in [6.45, 7) is 5.68. The molecule has 2 aromatic heterocycles. The second-order valence-corrected chi connectivity index (χ2v) is 9.70. The van der Waals surface area contributed by atoms with Crippen molar-refractivity contribution in [2.45, 2.75) is 45.1 Å². The quantitative estimate of drug-likeness (QED) is 0.367. The van der Waals surface area contributed by atoms with E-state index in [2.05, 4.69) is 39.6 Å². The van der Waals surface area contributed by atoms with Gasteiger partial charge in [-0.05, 0) is 57.5 Å². The number of nitrogens with zero attached hydrogens (tertiary/aromatic N) is 3. The van der Waals surface area contributed by atoms with Crippen molar-refractivity contribution in [3.63, 3.8) is 0 Å². The zero-order chi connectivity index (χ0) is 23.5. The minimum Gasteiger partial charge on any atom is -0.468 e. The summed E-state index contributed by atoms with van der Waals surface area (Å²) in [5.41, 5.74) is 3.40. The van der Waals surface area contributed by atoms with E-state index in [1.165, 1.54) is 5.56 Å². The van der Waals surface area contributed by atoms with E-state index < -0.39 is 12.3 Å². The van der Waals surface area contributed by atoms with Crippen LogP contribution in [0.4, 0.5) is 5.82 Å². The van der Waals surface area contributed by atoms with Crippen molar-refractivity contribution in [1.29, 1.82) is 0 Å². The van der Waals surface area contributed by atoms with E-state index in [1.54, 1.807) is 24.6 Å². The van der Waals surface area contributed by atoms with E-state index in [0.29, 0.717) is 0 Å². The van der Waals surface area contributed by atoms with Crippen LogP contribution in [0.2, 0.25) is 0 Å². The third-order valence-electron chi connectivity index (χ3n) is 6.35. The number of aromatic nitrogens is 2. The predicted molar refractivity (Wildman–Crippen MR) is 138 cm³/mol. The van der Waals surface area contributed by atoms with E-state index in [1.807, 2.05) is 42.5 Å². The average molecular weight is 475 g/mol. The van der Waals surface area contributed by atoms with Gasteiger partial charge in [0, 0.05) is 17.0 Å². The van der Waals surface area contributed by atoms with Crippen molar-refractivity contribution in [2.75, 3.05) is 18.0 Å². The van der Waals surface area contributed by atoms with Gasteiger partial charge >= 0.3 is 0 Å². The number of rotatable bonds is 7. The summed E-state index contributed by atoms with van der Waals surface area (Å²) >= 11 is 1.62. The summed E-state index contributed by atoms with van der Waals surface area (Å²) in [5.74, 6) is 1.55. The van der Waals surface area contributed by atoms with Gasteiger partial charge in [0.2, 0.25) is 0 Å². The van der Waals surface area contributed by atoms with E-state index in [4.69, 9.17) is 9.72 Å². The lowest BCUT2D eigenvalue weighted by molar-refractivity contribution is 0.0386. The molecule has 0 saturated carbocycles. The van der Waals surface area contributed by atoms with Crippen molar-refractivity contribution in [2.24, 2.45) is 0 Å². The Morgan fingerprint density at radius 3 is 2.50 bits per heavy atom. The van der Waals surface area contributed by atoms with Crippen LogP contribution in [0, 0.1) is 6.92 Å². The highest BCUT2D eigenvalue weighted by Crippen LogP contribution is 2.40. The molecule has 7 heteroatoms. The van der Waals surface area contributed by atoms with Crippen molar-refractivity contribution in [3.8, 4) is 16.9 Å². The molecule has 1 aliphatic rings. The maximum absolute atomic E-state index is 11.0. The molecule has 2 atom stereocenters. The van der Waals surface area contributed by atoms with Gasteiger partial charge in [-0.25, -0.2) is 9.97 Å². The van der Waals surface area contributed by atoms with Crippen molar-refractivity contribution in [1.82, 2.24) is 15.3 Å². The number of anilines is 1. The number of aliphatic hydroxyl groups excluding tert-OH is 1. The van der Waals surface area contributed by atoms with E-state index in [0.717, 1.165) is 58.8 Å². The molecule has 2 unspecified atom stereocenters. The lowest BCUT2D eigenvalue weighted by atomic mass is 10.0. The third-order valence-corrected chi connectivity index (χ3v) is 7.23. The first-order chi connectivity index (χ1) is 16.6. The maximum Gasteiger partial charge on any atom is 0.199 e. The van der Waals surface area contributed by atoms with Crippen LogP contribution in [0.15, 0.2) is 66.3 Å². The summed E-state index contributed by atoms with van der Waals surface area (Å²) in [7, 11) is 0. The molecule has 0 amide bonds. The first-order valence-corrected chi connectivity index (χ1v) is 12.7. The van der Waals surface area contributed by atoms with Crippen molar-refractivity contribution < 1.29 is 9.84 Å². The van der Waals surface area contributed by atoms with E-state index >= 15 is 0 Å². The van der Waals surface area contributed by atoms with Crippen LogP contribution in [-0.2, 0) is 0 Å². The topological polar surface area (TPSA) is 70.5 Å². The largest absolute Gasteiger partial charge is 0.468 e. The molecule has 5 rings (SSSR count). The number of aryl methyl sites for hydroxylation is 1. The molecule has 176 valence electrons. The lowest BCUT2D eigenvalue weighted by Crippen LogP contribution is -2.55. The van der Waals surface area contributed by atoms with Crippen LogP contribution in [0.3, 0.4) is 0 Å². The number of benzene rings is 2. The van der Waals surface area contributed by atoms with Gasteiger partial charge in [0.15, 0.2) is 6.23 Å². The number of hydrogen-bond acceptors (Lipinski definition) is 7. The molecule has 1 fully saturated rings. The summed E-state index contributed by atoms with van der Waals surface area (Å²) < 4.78 is 6.47. The Morgan fingerprint density at radius 1 is 1.06 bits per heavy atom. The van der Waals surface area contributed by atoms with Gasteiger partial charge < -0.3 is 20.1 Å². The van der Waals surface area contributed by atoms with E-state index in [-0.39, 0.29) is 6.04 Å².